The fourth-order valence-electron chi connectivity index (χ4n) is 1.24. The van der Waals surface area contributed by atoms with Crippen LogP contribution in [0.25, 0.3) is 0 Å². The minimum atomic E-state index is 0.848. The van der Waals surface area contributed by atoms with Crippen LogP contribution in [-0.4, -0.2) is 40.6 Å². The second-order valence-electron chi connectivity index (χ2n) is 2.70. The Hall–Kier alpha value is -0.211. The van der Waals surface area contributed by atoms with Crippen molar-refractivity contribution in [3.8, 4) is 0 Å². The Labute approximate surface area is 81.9 Å². The van der Waals surface area contributed by atoms with Gasteiger partial charge >= 0.3 is 81.5 Å². The summed E-state index contributed by atoms with van der Waals surface area (Å²) in [5.41, 5.74) is 0. The Morgan fingerprint density at radius 2 is 1.58 bits per heavy atom. The Bertz CT molecular complexity index is 181. The van der Waals surface area contributed by atoms with Crippen LogP contribution in [0.2, 0.25) is 0 Å². The third-order valence-corrected chi connectivity index (χ3v) is 2.41. The summed E-state index contributed by atoms with van der Waals surface area (Å²) in [5.74, 6) is 0. The van der Waals surface area contributed by atoms with Gasteiger partial charge in [0.1, 0.15) is 0 Å². The van der Waals surface area contributed by atoms with Crippen LogP contribution in [0.5, 0.6) is 0 Å². The molecule has 0 aromatic carbocycles. The average molecular weight is 214 g/mol. The molecule has 1 saturated heterocycles. The first-order valence-corrected chi connectivity index (χ1v) is 4.47. The van der Waals surface area contributed by atoms with E-state index in [1.54, 1.807) is 0 Å². The first kappa shape index (κ1) is 9.87. The van der Waals surface area contributed by atoms with Crippen molar-refractivity contribution >= 4 is 4.67 Å². The summed E-state index contributed by atoms with van der Waals surface area (Å²) in [4.78, 5) is 4.27. The van der Waals surface area contributed by atoms with E-state index in [1.807, 2.05) is 12.2 Å². The second-order valence-corrected chi connectivity index (χ2v) is 3.13. The molecule has 2 nitrogen and oxygen atoms in total. The van der Waals surface area contributed by atoms with Gasteiger partial charge in [0.2, 0.25) is 0 Å². The van der Waals surface area contributed by atoms with Gasteiger partial charge in [0.25, 0.3) is 0 Å². The van der Waals surface area contributed by atoms with Crippen molar-refractivity contribution in [2.75, 3.05) is 26.2 Å². The third-order valence-electron chi connectivity index (χ3n) is 1.81. The van der Waals surface area contributed by atoms with Crippen molar-refractivity contribution in [3.63, 3.8) is 0 Å². The Morgan fingerprint density at radius 3 is 1.92 bits per heavy atom. The summed E-state index contributed by atoms with van der Waals surface area (Å²) in [7, 11) is 0. The molecule has 3 heteroatoms. The predicted molar refractivity (Wildman–Crippen MR) is 48.5 cm³/mol. The third kappa shape index (κ3) is 2.14. The zero-order chi connectivity index (χ0) is 8.97. The van der Waals surface area contributed by atoms with Crippen LogP contribution in [0, 0.1) is 0 Å². The van der Waals surface area contributed by atoms with Gasteiger partial charge in [-0.2, -0.15) is 0 Å². The SMILES string of the molecule is C=CCN1CCN(CC=C)[C]1=[Cu]. The summed E-state index contributed by atoms with van der Waals surface area (Å²) in [5, 5.41) is 0. The predicted octanol–water partition coefficient (Wildman–Crippen LogP) is 0.610. The van der Waals surface area contributed by atoms with E-state index in [2.05, 4.69) is 23.0 Å². The molecule has 0 amide bonds. The number of nitrogens with zero attached hydrogens (tertiary/aromatic N) is 2. The number of hydrogen-bond acceptors (Lipinski definition) is 2. The Kier molecular flexibility index (Phi) is 3.89. The molecule has 0 aromatic rings. The van der Waals surface area contributed by atoms with Crippen molar-refractivity contribution in [1.82, 2.24) is 9.80 Å². The van der Waals surface area contributed by atoms with Crippen LogP contribution >= 0.6 is 0 Å². The molecule has 0 radical (unpaired) electrons. The van der Waals surface area contributed by atoms with Gasteiger partial charge in [0.15, 0.2) is 0 Å². The van der Waals surface area contributed by atoms with Crippen LogP contribution in [0.15, 0.2) is 25.3 Å². The van der Waals surface area contributed by atoms with E-state index in [9.17, 15) is 0 Å². The molecule has 1 aliphatic heterocycles. The quantitative estimate of drug-likeness (QED) is 0.499. The fraction of sp³-hybridized carbons (Fsp3) is 0.444. The molecule has 1 rings (SSSR count). The molecule has 1 aliphatic rings. The summed E-state index contributed by atoms with van der Waals surface area (Å²) in [6.07, 6.45) is 3.75. The van der Waals surface area contributed by atoms with Gasteiger partial charge in [-0.05, 0) is 0 Å². The van der Waals surface area contributed by atoms with Gasteiger partial charge in [-0.1, -0.05) is 0 Å². The van der Waals surface area contributed by atoms with Crippen LogP contribution < -0.4 is 0 Å². The molecule has 0 N–H and O–H groups in total. The van der Waals surface area contributed by atoms with Gasteiger partial charge < -0.3 is 0 Å². The summed E-state index contributed by atoms with van der Waals surface area (Å²) < 4.78 is 0.905. The Balaban J connectivity index is 2.48. The van der Waals surface area contributed by atoms with Crippen molar-refractivity contribution in [3.05, 3.63) is 25.3 Å². The maximum absolute atomic E-state index is 5.40. The van der Waals surface area contributed by atoms with Crippen molar-refractivity contribution < 1.29 is 15.6 Å². The van der Waals surface area contributed by atoms with E-state index >= 15 is 0 Å². The molecular weight excluding hydrogens is 200 g/mol. The molecule has 1 fully saturated rings. The molecule has 0 spiro atoms. The standard InChI is InChI=1S/C9H14N2.Cu/c1-3-5-10-7-8-11(9-10)6-4-2;/h3-4H,1-2,5-8H2;. The molecule has 0 aromatic heterocycles. The molecule has 71 valence electrons. The number of rotatable bonds is 4. The zero-order valence-corrected chi connectivity index (χ0v) is 8.03. The molecule has 0 aliphatic carbocycles. The van der Waals surface area contributed by atoms with Crippen LogP contribution in [-0.2, 0) is 15.6 Å². The van der Waals surface area contributed by atoms with E-state index < -0.39 is 0 Å². The van der Waals surface area contributed by atoms with E-state index in [0.717, 1.165) is 30.8 Å². The first-order chi connectivity index (χ1) is 5.79. The molecular formula is C9H14CuN2. The monoisotopic (exact) mass is 213 g/mol. The van der Waals surface area contributed by atoms with Crippen LogP contribution in [0.4, 0.5) is 0 Å². The summed E-state index contributed by atoms with van der Waals surface area (Å²) in [6, 6.07) is 0. The van der Waals surface area contributed by atoms with E-state index in [-0.39, 0.29) is 0 Å². The van der Waals surface area contributed by atoms with Crippen molar-refractivity contribution in [1.29, 1.82) is 0 Å². The first-order valence-electron chi connectivity index (χ1n) is 4.00. The fourth-order valence-corrected chi connectivity index (χ4v) is 1.62. The van der Waals surface area contributed by atoms with Gasteiger partial charge in [-0.15, -0.1) is 0 Å². The Morgan fingerprint density at radius 1 is 1.17 bits per heavy atom. The van der Waals surface area contributed by atoms with Gasteiger partial charge in [-0.25, -0.2) is 0 Å². The summed E-state index contributed by atoms with van der Waals surface area (Å²) >= 11 is 5.40. The van der Waals surface area contributed by atoms with Crippen LogP contribution in [0.3, 0.4) is 0 Å². The molecule has 1 heterocycles. The van der Waals surface area contributed by atoms with Crippen molar-refractivity contribution in [2.45, 2.75) is 0 Å². The van der Waals surface area contributed by atoms with Gasteiger partial charge in [0.05, 0.1) is 0 Å². The van der Waals surface area contributed by atoms with Gasteiger partial charge in [-0.3, -0.25) is 0 Å². The van der Waals surface area contributed by atoms with Crippen molar-refractivity contribution in [2.24, 2.45) is 0 Å². The molecule has 0 bridgehead atoms. The molecule has 0 unspecified atom stereocenters. The maximum atomic E-state index is 5.40. The van der Waals surface area contributed by atoms with Crippen LogP contribution in [0.1, 0.15) is 0 Å². The van der Waals surface area contributed by atoms with Gasteiger partial charge in [0, 0.05) is 0 Å². The van der Waals surface area contributed by atoms with E-state index in [4.69, 9.17) is 15.6 Å². The summed E-state index contributed by atoms with van der Waals surface area (Å²) in [6.45, 7) is 11.1. The molecule has 12 heavy (non-hydrogen) atoms. The molecule has 0 saturated carbocycles. The van der Waals surface area contributed by atoms with E-state index in [1.165, 1.54) is 0 Å². The normalized spacial score (nSPS) is 20.0. The minimum absolute atomic E-state index is 0.848. The number of hydrogen-bond donors (Lipinski definition) is 0. The van der Waals surface area contributed by atoms with E-state index in [0.29, 0.717) is 0 Å². The topological polar surface area (TPSA) is 6.48 Å². The second kappa shape index (κ2) is 4.73. The average Bonchev–Trinajstić information content (AvgIpc) is 2.38. The molecule has 0 atom stereocenters. The zero-order valence-electron chi connectivity index (χ0n) is 7.09.